The molecular weight excluding hydrogens is 433 g/mol. The van der Waals surface area contributed by atoms with Gasteiger partial charge in [0.2, 0.25) is 11.9 Å². The van der Waals surface area contributed by atoms with E-state index in [2.05, 4.69) is 15.6 Å². The van der Waals surface area contributed by atoms with Crippen molar-refractivity contribution in [3.05, 3.63) is 59.2 Å². The van der Waals surface area contributed by atoms with Crippen LogP contribution in [-0.4, -0.2) is 54.6 Å². The van der Waals surface area contributed by atoms with E-state index in [0.29, 0.717) is 12.0 Å². The molecule has 6 nitrogen and oxygen atoms in total. The summed E-state index contributed by atoms with van der Waals surface area (Å²) in [5, 5.41) is 6.62. The molecule has 3 aliphatic rings. The van der Waals surface area contributed by atoms with Gasteiger partial charge >= 0.3 is 0 Å². The zero-order valence-corrected chi connectivity index (χ0v) is 18.3. The maximum absolute atomic E-state index is 14.5. The molecular formula is C24H27F3N4O2. The highest BCUT2D eigenvalue weighted by Crippen LogP contribution is 2.46. The molecule has 2 aliphatic heterocycles. The maximum atomic E-state index is 14.5. The fourth-order valence-electron chi connectivity index (χ4n) is 5.07. The van der Waals surface area contributed by atoms with Crippen molar-refractivity contribution in [3.63, 3.8) is 0 Å². The van der Waals surface area contributed by atoms with Crippen LogP contribution in [0.3, 0.4) is 0 Å². The number of hydrogen-bond acceptors (Lipinski definition) is 5. The Kier molecular flexibility index (Phi) is 6.01. The van der Waals surface area contributed by atoms with E-state index in [4.69, 9.17) is 4.74 Å². The molecule has 1 spiro atoms. The van der Waals surface area contributed by atoms with E-state index in [1.807, 2.05) is 4.90 Å². The molecule has 1 saturated carbocycles. The Morgan fingerprint density at radius 2 is 2.18 bits per heavy atom. The Morgan fingerprint density at radius 1 is 1.30 bits per heavy atom. The zero-order valence-electron chi connectivity index (χ0n) is 18.3. The highest BCUT2D eigenvalue weighted by Gasteiger charge is 2.44. The molecule has 1 aromatic carbocycles. The Labute approximate surface area is 190 Å². The van der Waals surface area contributed by atoms with Crippen LogP contribution in [0.25, 0.3) is 0 Å². The van der Waals surface area contributed by atoms with Gasteiger partial charge in [0.1, 0.15) is 12.4 Å². The molecule has 3 unspecified atom stereocenters. The van der Waals surface area contributed by atoms with Crippen LogP contribution < -0.4 is 15.4 Å². The van der Waals surface area contributed by atoms with Gasteiger partial charge in [-0.25, -0.2) is 13.8 Å². The average molecular weight is 461 g/mol. The topological polar surface area (TPSA) is 66.5 Å². The third-order valence-corrected chi connectivity index (χ3v) is 7.07. The van der Waals surface area contributed by atoms with E-state index in [9.17, 15) is 18.0 Å². The van der Waals surface area contributed by atoms with E-state index in [-0.39, 0.29) is 47.7 Å². The van der Waals surface area contributed by atoms with E-state index in [1.165, 1.54) is 18.3 Å². The summed E-state index contributed by atoms with van der Waals surface area (Å²) >= 11 is 0. The van der Waals surface area contributed by atoms with Crippen LogP contribution in [0.15, 0.2) is 30.5 Å². The third kappa shape index (κ3) is 4.70. The molecule has 1 amide bonds. The number of likely N-dealkylation sites (tertiary alicyclic amines) is 1. The summed E-state index contributed by atoms with van der Waals surface area (Å²) in [4.78, 5) is 18.2. The molecule has 0 radical (unpaired) electrons. The number of aromatic nitrogens is 1. The lowest BCUT2D eigenvalue weighted by Gasteiger charge is -2.23. The van der Waals surface area contributed by atoms with Gasteiger partial charge in [-0.15, -0.1) is 0 Å². The predicted octanol–water partition coefficient (Wildman–Crippen LogP) is 2.74. The van der Waals surface area contributed by atoms with Crippen molar-refractivity contribution in [1.82, 2.24) is 20.5 Å². The first kappa shape index (κ1) is 22.2. The number of amides is 1. The van der Waals surface area contributed by atoms with Crippen LogP contribution in [0.5, 0.6) is 5.75 Å². The Morgan fingerprint density at radius 3 is 2.97 bits per heavy atom. The molecule has 176 valence electrons. The lowest BCUT2D eigenvalue weighted by Crippen LogP contribution is -2.39. The Hall–Kier alpha value is -2.65. The number of nitrogens with one attached hydrogen (secondary N) is 2. The number of carbonyl (C=O) groups is 1. The van der Waals surface area contributed by atoms with Crippen LogP contribution in [0, 0.1) is 23.0 Å². The molecule has 0 bridgehead atoms. The van der Waals surface area contributed by atoms with Crippen LogP contribution in [0.1, 0.15) is 36.3 Å². The summed E-state index contributed by atoms with van der Waals surface area (Å²) < 4.78 is 47.9. The molecule has 2 aromatic rings. The smallest absolute Gasteiger partial charge is 0.236 e. The van der Waals surface area contributed by atoms with Gasteiger partial charge in [-0.3, -0.25) is 4.79 Å². The Balaban J connectivity index is 1.20. The molecule has 2 N–H and O–H groups in total. The number of ether oxygens (including phenoxy) is 1. The van der Waals surface area contributed by atoms with Crippen molar-refractivity contribution in [2.24, 2.45) is 5.41 Å². The van der Waals surface area contributed by atoms with Gasteiger partial charge in [0.15, 0.2) is 11.6 Å². The van der Waals surface area contributed by atoms with Crippen molar-refractivity contribution >= 4 is 5.91 Å². The van der Waals surface area contributed by atoms with Crippen LogP contribution in [0.4, 0.5) is 13.2 Å². The van der Waals surface area contributed by atoms with Crippen LogP contribution in [-0.2, 0) is 11.4 Å². The van der Waals surface area contributed by atoms with E-state index in [0.717, 1.165) is 45.1 Å². The van der Waals surface area contributed by atoms with Crippen molar-refractivity contribution in [2.75, 3.05) is 32.7 Å². The zero-order chi connectivity index (χ0) is 23.0. The number of carbonyl (C=O) groups excluding carboxylic acids is 1. The van der Waals surface area contributed by atoms with Gasteiger partial charge in [-0.1, -0.05) is 0 Å². The molecule has 33 heavy (non-hydrogen) atoms. The van der Waals surface area contributed by atoms with E-state index >= 15 is 0 Å². The molecule has 1 aromatic heterocycles. The van der Waals surface area contributed by atoms with Gasteiger partial charge in [-0.05, 0) is 44.0 Å². The monoisotopic (exact) mass is 460 g/mol. The third-order valence-electron chi connectivity index (χ3n) is 7.07. The average Bonchev–Trinajstić information content (AvgIpc) is 3.21. The first-order chi connectivity index (χ1) is 15.9. The summed E-state index contributed by atoms with van der Waals surface area (Å²) in [6.45, 7) is 3.50. The van der Waals surface area contributed by atoms with Gasteiger partial charge in [0, 0.05) is 60.4 Å². The largest absolute Gasteiger partial charge is 0.485 e. The molecule has 5 rings (SSSR count). The number of pyridine rings is 1. The second-order valence-electron chi connectivity index (χ2n) is 9.37. The molecule has 3 atom stereocenters. The first-order valence-electron chi connectivity index (χ1n) is 11.4. The Bertz CT molecular complexity index is 1040. The van der Waals surface area contributed by atoms with Gasteiger partial charge < -0.3 is 20.3 Å². The van der Waals surface area contributed by atoms with E-state index < -0.39 is 17.6 Å². The lowest BCUT2D eigenvalue weighted by molar-refractivity contribution is -0.129. The summed E-state index contributed by atoms with van der Waals surface area (Å²) in [6.07, 6.45) is 4.09. The number of hydrogen-bond donors (Lipinski definition) is 2. The predicted molar refractivity (Wildman–Crippen MR) is 115 cm³/mol. The second-order valence-corrected chi connectivity index (χ2v) is 9.37. The highest BCUT2D eigenvalue weighted by molar-refractivity contribution is 5.78. The van der Waals surface area contributed by atoms with Crippen molar-refractivity contribution in [2.45, 2.75) is 37.8 Å². The van der Waals surface area contributed by atoms with Gasteiger partial charge in [0.25, 0.3) is 0 Å². The van der Waals surface area contributed by atoms with Crippen molar-refractivity contribution < 1.29 is 22.7 Å². The standard InChI is InChI=1S/C24H27F3N4O2/c25-16-8-18(22(19(26)9-16)33-12-15-2-1-5-29-23(15)27)17-10-20(17)30-11-21(32)31-7-4-24(14-31)3-6-28-13-24/h1-2,5,8-9,17,20,28,30H,3-4,6-7,10-14H2. The summed E-state index contributed by atoms with van der Waals surface area (Å²) in [5.74, 6) is -2.43. The minimum atomic E-state index is -0.830. The summed E-state index contributed by atoms with van der Waals surface area (Å²) in [7, 11) is 0. The van der Waals surface area contributed by atoms with Crippen molar-refractivity contribution in [3.8, 4) is 5.75 Å². The normalized spacial score (nSPS) is 26.2. The fourth-order valence-corrected chi connectivity index (χ4v) is 5.07. The molecule has 3 heterocycles. The maximum Gasteiger partial charge on any atom is 0.236 e. The molecule has 9 heteroatoms. The minimum absolute atomic E-state index is 0.0541. The van der Waals surface area contributed by atoms with E-state index in [1.54, 1.807) is 6.07 Å². The lowest BCUT2D eigenvalue weighted by atomic mass is 9.87. The van der Waals surface area contributed by atoms with Gasteiger partial charge in [0.05, 0.1) is 6.54 Å². The highest BCUT2D eigenvalue weighted by atomic mass is 19.1. The number of nitrogens with zero attached hydrogens (tertiary/aromatic N) is 2. The number of benzene rings is 1. The molecule has 3 fully saturated rings. The van der Waals surface area contributed by atoms with Crippen LogP contribution in [0.2, 0.25) is 0 Å². The number of halogens is 3. The van der Waals surface area contributed by atoms with Gasteiger partial charge in [-0.2, -0.15) is 4.39 Å². The summed E-state index contributed by atoms with van der Waals surface area (Å²) in [6, 6.07) is 5.00. The SMILES string of the molecule is O=C(CNC1CC1c1cc(F)cc(F)c1OCc1cccnc1F)N1CCC2(CCNC2)C1. The summed E-state index contributed by atoms with van der Waals surface area (Å²) in [5.41, 5.74) is 0.791. The van der Waals surface area contributed by atoms with Crippen LogP contribution >= 0.6 is 0 Å². The van der Waals surface area contributed by atoms with Crippen molar-refractivity contribution in [1.29, 1.82) is 0 Å². The number of rotatable bonds is 7. The molecule has 1 aliphatic carbocycles. The first-order valence-corrected chi connectivity index (χ1v) is 11.4. The second kappa shape index (κ2) is 8.95. The quantitative estimate of drug-likeness (QED) is 0.622. The fraction of sp³-hybridized carbons (Fsp3) is 0.500. The molecule has 2 saturated heterocycles. The minimum Gasteiger partial charge on any atom is -0.485 e.